The van der Waals surface area contributed by atoms with E-state index in [1.807, 2.05) is 6.92 Å². The second kappa shape index (κ2) is 4.18. The lowest BCUT2D eigenvalue weighted by Crippen LogP contribution is -2.16. The molecule has 1 aromatic carbocycles. The molecule has 0 aliphatic heterocycles. The summed E-state index contributed by atoms with van der Waals surface area (Å²) in [4.78, 5) is 1.67. The van der Waals surface area contributed by atoms with Crippen LogP contribution in [-0.4, -0.2) is 16.7 Å². The Labute approximate surface area is 91.7 Å². The number of halogens is 1. The Morgan fingerprint density at radius 1 is 1.44 bits per heavy atom. The molecular formula is C10H11FN4O. The Morgan fingerprint density at radius 3 is 2.81 bits per heavy atom. The predicted molar refractivity (Wildman–Crippen MR) is 57.8 cm³/mol. The quantitative estimate of drug-likeness (QED) is 0.859. The van der Waals surface area contributed by atoms with E-state index in [0.717, 1.165) is 0 Å². The van der Waals surface area contributed by atoms with Crippen molar-refractivity contribution in [2.75, 3.05) is 17.2 Å². The Morgan fingerprint density at radius 2 is 2.25 bits per heavy atom. The van der Waals surface area contributed by atoms with Crippen molar-refractivity contribution in [1.29, 1.82) is 0 Å². The first-order valence-corrected chi connectivity index (χ1v) is 4.83. The van der Waals surface area contributed by atoms with Gasteiger partial charge < -0.3 is 10.2 Å². The van der Waals surface area contributed by atoms with Gasteiger partial charge in [0.1, 0.15) is 5.82 Å². The van der Waals surface area contributed by atoms with Crippen molar-refractivity contribution in [3.63, 3.8) is 0 Å². The molecule has 0 atom stereocenters. The molecule has 0 bridgehead atoms. The minimum Gasteiger partial charge on any atom is -0.389 e. The van der Waals surface area contributed by atoms with Crippen LogP contribution in [0.4, 0.5) is 22.1 Å². The predicted octanol–water partition coefficient (Wildman–Crippen LogP) is 1.95. The fourth-order valence-corrected chi connectivity index (χ4v) is 1.41. The van der Waals surface area contributed by atoms with Gasteiger partial charge in [0, 0.05) is 12.2 Å². The highest BCUT2D eigenvalue weighted by Crippen LogP contribution is 2.24. The van der Waals surface area contributed by atoms with E-state index in [0.29, 0.717) is 12.2 Å². The zero-order valence-corrected chi connectivity index (χ0v) is 8.72. The Hall–Kier alpha value is -2.11. The Kier molecular flexibility index (Phi) is 2.72. The molecule has 0 amide bonds. The molecule has 2 N–H and O–H groups in total. The molecular weight excluding hydrogens is 211 g/mol. The zero-order valence-electron chi connectivity index (χ0n) is 8.72. The summed E-state index contributed by atoms with van der Waals surface area (Å²) in [5.74, 6) is -0.316. The van der Waals surface area contributed by atoms with Gasteiger partial charge in [-0.25, -0.2) is 4.39 Å². The maximum absolute atomic E-state index is 13.1. The summed E-state index contributed by atoms with van der Waals surface area (Å²) in [6, 6.07) is 6.39. The normalized spacial score (nSPS) is 10.4. The summed E-state index contributed by atoms with van der Waals surface area (Å²) in [5.41, 5.74) is 5.98. The van der Waals surface area contributed by atoms with Gasteiger partial charge in [0.15, 0.2) is 0 Å². The number of rotatable bonds is 3. The SMILES string of the molecule is CCN(c1cccc(F)c1)c1nnc(N)o1. The second-order valence-electron chi connectivity index (χ2n) is 3.15. The van der Waals surface area contributed by atoms with Crippen molar-refractivity contribution < 1.29 is 8.81 Å². The Bertz CT molecular complexity index is 485. The van der Waals surface area contributed by atoms with Gasteiger partial charge in [0.05, 0.1) is 0 Å². The van der Waals surface area contributed by atoms with Crippen molar-refractivity contribution in [3.05, 3.63) is 30.1 Å². The molecule has 1 heterocycles. The molecule has 16 heavy (non-hydrogen) atoms. The zero-order chi connectivity index (χ0) is 11.5. The lowest BCUT2D eigenvalue weighted by Gasteiger charge is -2.17. The molecule has 0 saturated carbocycles. The number of nitrogens with two attached hydrogens (primary N) is 1. The third-order valence-electron chi connectivity index (χ3n) is 2.10. The number of benzene rings is 1. The van der Waals surface area contributed by atoms with E-state index < -0.39 is 0 Å². The van der Waals surface area contributed by atoms with E-state index in [1.54, 1.807) is 17.0 Å². The molecule has 0 aliphatic rings. The van der Waals surface area contributed by atoms with E-state index in [-0.39, 0.29) is 17.8 Å². The molecule has 0 radical (unpaired) electrons. The van der Waals surface area contributed by atoms with E-state index >= 15 is 0 Å². The minimum atomic E-state index is -0.316. The van der Waals surface area contributed by atoms with Crippen molar-refractivity contribution in [3.8, 4) is 0 Å². The van der Waals surface area contributed by atoms with Gasteiger partial charge in [-0.3, -0.25) is 4.90 Å². The van der Waals surface area contributed by atoms with E-state index in [4.69, 9.17) is 10.2 Å². The van der Waals surface area contributed by atoms with Gasteiger partial charge in [-0.1, -0.05) is 16.3 Å². The number of anilines is 3. The third-order valence-corrected chi connectivity index (χ3v) is 2.10. The van der Waals surface area contributed by atoms with E-state index in [9.17, 15) is 4.39 Å². The van der Waals surface area contributed by atoms with Crippen LogP contribution in [0, 0.1) is 5.82 Å². The third kappa shape index (κ3) is 1.95. The topological polar surface area (TPSA) is 68.2 Å². The minimum absolute atomic E-state index is 0.00940. The summed E-state index contributed by atoms with van der Waals surface area (Å²) < 4.78 is 18.2. The molecule has 2 aromatic rings. The van der Waals surface area contributed by atoms with E-state index in [1.165, 1.54) is 12.1 Å². The largest absolute Gasteiger partial charge is 0.389 e. The van der Waals surface area contributed by atoms with Crippen LogP contribution in [0.5, 0.6) is 0 Å². The summed E-state index contributed by atoms with van der Waals surface area (Å²) in [6.07, 6.45) is 0. The average Bonchev–Trinajstić information content (AvgIpc) is 2.66. The number of aromatic nitrogens is 2. The first-order chi connectivity index (χ1) is 7.70. The summed E-state index contributed by atoms with van der Waals surface area (Å²) in [5, 5.41) is 7.31. The van der Waals surface area contributed by atoms with Gasteiger partial charge in [0.2, 0.25) is 0 Å². The first kappa shape index (κ1) is 10.4. The molecule has 0 spiro atoms. The molecule has 5 nitrogen and oxygen atoms in total. The highest BCUT2D eigenvalue weighted by atomic mass is 19.1. The summed E-state index contributed by atoms with van der Waals surface area (Å²) >= 11 is 0. The molecule has 6 heteroatoms. The van der Waals surface area contributed by atoms with Crippen molar-refractivity contribution >= 4 is 17.7 Å². The van der Waals surface area contributed by atoms with Gasteiger partial charge in [-0.15, -0.1) is 0 Å². The highest BCUT2D eigenvalue weighted by Gasteiger charge is 2.14. The van der Waals surface area contributed by atoms with Crippen LogP contribution in [0.1, 0.15) is 6.92 Å². The van der Waals surface area contributed by atoms with Crippen LogP contribution >= 0.6 is 0 Å². The molecule has 0 saturated heterocycles. The molecule has 0 aliphatic carbocycles. The maximum Gasteiger partial charge on any atom is 0.324 e. The standard InChI is InChI=1S/C10H11FN4O/c1-2-15(10-14-13-9(12)16-10)8-5-3-4-7(11)6-8/h3-6H,2H2,1H3,(H2,12,13). The molecule has 84 valence electrons. The molecule has 2 rings (SSSR count). The fraction of sp³-hybridized carbons (Fsp3) is 0.200. The Balaban J connectivity index is 2.36. The van der Waals surface area contributed by atoms with Crippen LogP contribution in [0.15, 0.2) is 28.7 Å². The summed E-state index contributed by atoms with van der Waals surface area (Å²) in [7, 11) is 0. The van der Waals surface area contributed by atoms with Crippen molar-refractivity contribution in [2.24, 2.45) is 0 Å². The van der Waals surface area contributed by atoms with Crippen LogP contribution in [0.25, 0.3) is 0 Å². The van der Waals surface area contributed by atoms with Gasteiger partial charge in [-0.05, 0) is 25.1 Å². The van der Waals surface area contributed by atoms with Crippen LogP contribution in [0.2, 0.25) is 0 Å². The van der Waals surface area contributed by atoms with Crippen LogP contribution < -0.4 is 10.6 Å². The van der Waals surface area contributed by atoms with Gasteiger partial charge in [-0.2, -0.15) is 0 Å². The smallest absolute Gasteiger partial charge is 0.324 e. The first-order valence-electron chi connectivity index (χ1n) is 4.83. The number of hydrogen-bond donors (Lipinski definition) is 1. The van der Waals surface area contributed by atoms with Gasteiger partial charge in [0.25, 0.3) is 0 Å². The summed E-state index contributed by atoms with van der Waals surface area (Å²) in [6.45, 7) is 2.47. The molecule has 0 unspecified atom stereocenters. The maximum atomic E-state index is 13.1. The van der Waals surface area contributed by atoms with E-state index in [2.05, 4.69) is 10.2 Å². The average molecular weight is 222 g/mol. The highest BCUT2D eigenvalue weighted by molar-refractivity contribution is 5.55. The fourth-order valence-electron chi connectivity index (χ4n) is 1.41. The van der Waals surface area contributed by atoms with Crippen molar-refractivity contribution in [2.45, 2.75) is 6.92 Å². The van der Waals surface area contributed by atoms with Crippen molar-refractivity contribution in [1.82, 2.24) is 10.2 Å². The molecule has 1 aromatic heterocycles. The second-order valence-corrected chi connectivity index (χ2v) is 3.15. The lowest BCUT2D eigenvalue weighted by molar-refractivity contribution is 0.569. The molecule has 0 fully saturated rings. The lowest BCUT2D eigenvalue weighted by atomic mass is 10.3. The number of nitrogens with zero attached hydrogens (tertiary/aromatic N) is 3. The monoisotopic (exact) mass is 222 g/mol. The van der Waals surface area contributed by atoms with Gasteiger partial charge >= 0.3 is 12.0 Å². The number of nitrogen functional groups attached to an aromatic ring is 1. The van der Waals surface area contributed by atoms with Crippen LogP contribution in [-0.2, 0) is 0 Å². The van der Waals surface area contributed by atoms with Crippen LogP contribution in [0.3, 0.4) is 0 Å². The number of hydrogen-bond acceptors (Lipinski definition) is 5.